The van der Waals surface area contributed by atoms with Crippen molar-refractivity contribution in [3.63, 3.8) is 0 Å². The third-order valence-corrected chi connectivity index (χ3v) is 5.07. The summed E-state index contributed by atoms with van der Waals surface area (Å²) >= 11 is 5.86. The van der Waals surface area contributed by atoms with E-state index in [0.29, 0.717) is 21.2 Å². The molecule has 2 aromatic carbocycles. The SMILES string of the molecule is O=C(O)CN1C(=O)N/C(=C/c2cn(CC(=O)Nc3ccc(Cl)cc3)c3ccccc23)C1=O. The number of carbonyl (C=O) groups excluding carboxylic acids is 3. The second-order valence-corrected chi connectivity index (χ2v) is 7.49. The Hall–Kier alpha value is -4.11. The Balaban J connectivity index is 1.60. The summed E-state index contributed by atoms with van der Waals surface area (Å²) in [6.45, 7) is -0.716. The van der Waals surface area contributed by atoms with Crippen LogP contribution in [0.2, 0.25) is 5.02 Å². The molecule has 10 heteroatoms. The standard InChI is InChI=1S/C22H17ClN4O5/c23-14-5-7-15(8-6-14)24-19(28)11-26-10-13(16-3-1-2-4-18(16)26)9-17-21(31)27(12-20(29)30)22(32)25-17/h1-10H,11-12H2,(H,24,28)(H,25,32)(H,29,30)/b17-9+. The molecule has 2 heterocycles. The number of carboxylic acids is 1. The summed E-state index contributed by atoms with van der Waals surface area (Å²) in [5.41, 5.74) is 1.92. The molecule has 1 aliphatic rings. The van der Waals surface area contributed by atoms with E-state index >= 15 is 0 Å². The number of carbonyl (C=O) groups is 4. The maximum atomic E-state index is 12.6. The normalized spacial score (nSPS) is 14.8. The lowest BCUT2D eigenvalue weighted by atomic mass is 10.1. The van der Waals surface area contributed by atoms with Crippen LogP contribution in [0.3, 0.4) is 0 Å². The summed E-state index contributed by atoms with van der Waals surface area (Å²) in [4.78, 5) is 48.5. The van der Waals surface area contributed by atoms with Gasteiger partial charge < -0.3 is 20.3 Å². The van der Waals surface area contributed by atoms with E-state index in [1.165, 1.54) is 6.08 Å². The Kier molecular flexibility index (Phi) is 5.65. The first-order chi connectivity index (χ1) is 15.3. The molecule has 32 heavy (non-hydrogen) atoms. The zero-order chi connectivity index (χ0) is 22.8. The first-order valence-corrected chi connectivity index (χ1v) is 9.89. The summed E-state index contributed by atoms with van der Waals surface area (Å²) < 4.78 is 1.73. The number of rotatable bonds is 6. The van der Waals surface area contributed by atoms with Gasteiger partial charge in [0.05, 0.1) is 0 Å². The lowest BCUT2D eigenvalue weighted by Crippen LogP contribution is -2.35. The van der Waals surface area contributed by atoms with E-state index in [-0.39, 0.29) is 18.1 Å². The molecular weight excluding hydrogens is 436 g/mol. The molecule has 3 N–H and O–H groups in total. The monoisotopic (exact) mass is 452 g/mol. The molecule has 1 saturated heterocycles. The summed E-state index contributed by atoms with van der Waals surface area (Å²) in [7, 11) is 0. The predicted molar refractivity (Wildman–Crippen MR) is 118 cm³/mol. The molecule has 1 aromatic heterocycles. The van der Waals surface area contributed by atoms with Gasteiger partial charge in [0.15, 0.2) is 0 Å². The summed E-state index contributed by atoms with van der Waals surface area (Å²) in [6, 6.07) is 13.2. The number of hydrogen-bond acceptors (Lipinski definition) is 4. The molecule has 162 valence electrons. The molecule has 4 amide bonds. The van der Waals surface area contributed by atoms with E-state index in [9.17, 15) is 19.2 Å². The molecule has 4 rings (SSSR count). The number of fused-ring (bicyclic) bond motifs is 1. The van der Waals surface area contributed by atoms with Gasteiger partial charge in [-0.25, -0.2) is 9.69 Å². The van der Waals surface area contributed by atoms with E-state index in [1.54, 1.807) is 35.0 Å². The van der Waals surface area contributed by atoms with Crippen LogP contribution in [-0.2, 0) is 20.9 Å². The van der Waals surface area contributed by atoms with E-state index in [0.717, 1.165) is 10.9 Å². The molecule has 0 unspecified atom stereocenters. The maximum absolute atomic E-state index is 12.6. The highest BCUT2D eigenvalue weighted by atomic mass is 35.5. The third kappa shape index (κ3) is 4.33. The minimum atomic E-state index is -1.29. The molecule has 9 nitrogen and oxygen atoms in total. The van der Waals surface area contributed by atoms with Gasteiger partial charge in [0.25, 0.3) is 5.91 Å². The second-order valence-electron chi connectivity index (χ2n) is 7.06. The highest BCUT2D eigenvalue weighted by Gasteiger charge is 2.35. The van der Waals surface area contributed by atoms with Crippen molar-refractivity contribution in [2.24, 2.45) is 0 Å². The number of nitrogens with one attached hydrogen (secondary N) is 2. The highest BCUT2D eigenvalue weighted by Crippen LogP contribution is 2.25. The number of urea groups is 1. The molecule has 0 saturated carbocycles. The molecule has 0 atom stereocenters. The smallest absolute Gasteiger partial charge is 0.329 e. The lowest BCUT2D eigenvalue weighted by Gasteiger charge is -2.07. The first-order valence-electron chi connectivity index (χ1n) is 9.51. The molecule has 0 aliphatic carbocycles. The molecule has 0 radical (unpaired) electrons. The van der Waals surface area contributed by atoms with Gasteiger partial charge >= 0.3 is 12.0 Å². The molecular formula is C22H17ClN4O5. The van der Waals surface area contributed by atoms with Crippen LogP contribution in [0.15, 0.2) is 60.4 Å². The molecule has 1 fully saturated rings. The summed E-state index contributed by atoms with van der Waals surface area (Å²) in [5.74, 6) is -2.28. The Bertz CT molecular complexity index is 1280. The van der Waals surface area contributed by atoms with Crippen LogP contribution in [0.25, 0.3) is 17.0 Å². The Labute approximate surface area is 186 Å². The summed E-state index contributed by atoms with van der Waals surface area (Å²) in [6.07, 6.45) is 3.16. The quantitative estimate of drug-likeness (QED) is 0.392. The van der Waals surface area contributed by atoms with Crippen molar-refractivity contribution in [3.8, 4) is 0 Å². The van der Waals surface area contributed by atoms with Crippen LogP contribution >= 0.6 is 11.6 Å². The van der Waals surface area contributed by atoms with E-state index < -0.39 is 24.5 Å². The van der Waals surface area contributed by atoms with Crippen LogP contribution in [0.1, 0.15) is 5.56 Å². The van der Waals surface area contributed by atoms with Crippen molar-refractivity contribution >= 4 is 58.1 Å². The zero-order valence-corrected chi connectivity index (χ0v) is 17.3. The van der Waals surface area contributed by atoms with Crippen LogP contribution in [0, 0.1) is 0 Å². The van der Waals surface area contributed by atoms with Crippen molar-refractivity contribution in [1.82, 2.24) is 14.8 Å². The lowest BCUT2D eigenvalue weighted by molar-refractivity contribution is -0.140. The Morgan fingerprint density at radius 2 is 1.78 bits per heavy atom. The number of amides is 4. The molecule has 0 bridgehead atoms. The minimum absolute atomic E-state index is 0.0117. The third-order valence-electron chi connectivity index (χ3n) is 4.82. The van der Waals surface area contributed by atoms with Gasteiger partial charge in [-0.2, -0.15) is 0 Å². The number of aromatic nitrogens is 1. The van der Waals surface area contributed by atoms with Gasteiger partial charge in [0.2, 0.25) is 5.91 Å². The van der Waals surface area contributed by atoms with Crippen molar-refractivity contribution < 1.29 is 24.3 Å². The van der Waals surface area contributed by atoms with Crippen molar-refractivity contribution in [2.75, 3.05) is 11.9 Å². The average Bonchev–Trinajstić information content (AvgIpc) is 3.22. The number of aliphatic carboxylic acids is 1. The van der Waals surface area contributed by atoms with E-state index in [1.807, 2.05) is 24.3 Å². The summed E-state index contributed by atoms with van der Waals surface area (Å²) in [5, 5.41) is 15.4. The van der Waals surface area contributed by atoms with Gasteiger partial charge in [0, 0.05) is 33.4 Å². The zero-order valence-electron chi connectivity index (χ0n) is 16.5. The van der Waals surface area contributed by atoms with Crippen LogP contribution in [0.4, 0.5) is 10.5 Å². The second kappa shape index (κ2) is 8.56. The van der Waals surface area contributed by atoms with Crippen LogP contribution < -0.4 is 10.6 Å². The van der Waals surface area contributed by atoms with Crippen molar-refractivity contribution in [3.05, 3.63) is 71.0 Å². The highest BCUT2D eigenvalue weighted by molar-refractivity contribution is 6.30. The molecule has 0 spiro atoms. The topological polar surface area (TPSA) is 121 Å². The maximum Gasteiger partial charge on any atom is 0.329 e. The number of anilines is 1. The number of carboxylic acid groups (broad SMARTS) is 1. The van der Waals surface area contributed by atoms with Gasteiger partial charge in [0.1, 0.15) is 18.8 Å². The fourth-order valence-electron chi connectivity index (χ4n) is 3.42. The van der Waals surface area contributed by atoms with E-state index in [4.69, 9.17) is 16.7 Å². The fraction of sp³-hybridized carbons (Fsp3) is 0.0909. The first kappa shape index (κ1) is 21.1. The fourth-order valence-corrected chi connectivity index (χ4v) is 3.54. The average molecular weight is 453 g/mol. The van der Waals surface area contributed by atoms with Crippen molar-refractivity contribution in [1.29, 1.82) is 0 Å². The number of halogens is 1. The Morgan fingerprint density at radius 1 is 1.06 bits per heavy atom. The van der Waals surface area contributed by atoms with Gasteiger partial charge in [-0.15, -0.1) is 0 Å². The largest absolute Gasteiger partial charge is 0.480 e. The van der Waals surface area contributed by atoms with Crippen molar-refractivity contribution in [2.45, 2.75) is 6.54 Å². The van der Waals surface area contributed by atoms with Gasteiger partial charge in [-0.1, -0.05) is 29.8 Å². The van der Waals surface area contributed by atoms with E-state index in [2.05, 4.69) is 10.6 Å². The number of para-hydroxylation sites is 1. The predicted octanol–water partition coefficient (Wildman–Crippen LogP) is 2.91. The number of imide groups is 1. The molecule has 3 aromatic rings. The van der Waals surface area contributed by atoms with Gasteiger partial charge in [-0.3, -0.25) is 14.4 Å². The Morgan fingerprint density at radius 3 is 2.50 bits per heavy atom. The number of benzene rings is 2. The molecule has 1 aliphatic heterocycles. The minimum Gasteiger partial charge on any atom is -0.480 e. The number of hydrogen-bond donors (Lipinski definition) is 3. The van der Waals surface area contributed by atoms with Gasteiger partial charge in [-0.05, 0) is 36.4 Å². The van der Waals surface area contributed by atoms with Crippen LogP contribution in [-0.4, -0.2) is 44.9 Å². The number of nitrogens with zero attached hydrogens (tertiary/aromatic N) is 2. The van der Waals surface area contributed by atoms with Crippen LogP contribution in [0.5, 0.6) is 0 Å².